The molecule has 1 aliphatic carbocycles. The molecule has 1 aromatic rings. The highest BCUT2D eigenvalue weighted by Gasteiger charge is 2.40. The van der Waals surface area contributed by atoms with Crippen LogP contribution < -0.4 is 10.5 Å². The molecule has 1 fully saturated rings. The minimum atomic E-state index is -0.0196. The van der Waals surface area contributed by atoms with Gasteiger partial charge in [-0.2, -0.15) is 0 Å². The Morgan fingerprint density at radius 3 is 2.38 bits per heavy atom. The Labute approximate surface area is 128 Å². The van der Waals surface area contributed by atoms with Crippen molar-refractivity contribution in [2.24, 2.45) is 5.73 Å². The topological polar surface area (TPSA) is 47.7 Å². The van der Waals surface area contributed by atoms with Gasteiger partial charge in [0.1, 0.15) is 5.75 Å². The number of hydrogen-bond acceptors (Lipinski definition) is 4. The van der Waals surface area contributed by atoms with Gasteiger partial charge in [-0.1, -0.05) is 12.1 Å². The molecule has 2 N–H and O–H groups in total. The zero-order valence-electron chi connectivity index (χ0n) is 13.5. The van der Waals surface area contributed by atoms with E-state index < -0.39 is 0 Å². The standard InChI is InChI=1S/C17H28N2O2/c1-17(13-18,19(10-11-20-2)15-6-7-15)12-14-4-8-16(21-3)9-5-14/h4-5,8-9,15H,6-7,10-13,18H2,1-3H3. The fraction of sp³-hybridized carbons (Fsp3) is 0.647. The second kappa shape index (κ2) is 7.25. The number of methoxy groups -OCH3 is 2. The van der Waals surface area contributed by atoms with E-state index in [0.717, 1.165) is 25.3 Å². The maximum Gasteiger partial charge on any atom is 0.118 e. The molecule has 0 heterocycles. The Bertz CT molecular complexity index is 431. The van der Waals surface area contributed by atoms with Crippen LogP contribution in [0.5, 0.6) is 5.75 Å². The van der Waals surface area contributed by atoms with Crippen LogP contribution in [-0.2, 0) is 11.2 Å². The third-order valence-corrected chi connectivity index (χ3v) is 4.40. The quantitative estimate of drug-likeness (QED) is 0.757. The molecule has 0 spiro atoms. The van der Waals surface area contributed by atoms with Crippen LogP contribution in [0.25, 0.3) is 0 Å². The molecule has 0 saturated heterocycles. The van der Waals surface area contributed by atoms with Crippen LogP contribution in [-0.4, -0.2) is 50.4 Å². The van der Waals surface area contributed by atoms with Crippen LogP contribution >= 0.6 is 0 Å². The Hall–Kier alpha value is -1.10. The van der Waals surface area contributed by atoms with Gasteiger partial charge in [0.2, 0.25) is 0 Å². The first-order valence-electron chi connectivity index (χ1n) is 7.71. The molecule has 1 atom stereocenters. The zero-order chi connectivity index (χ0) is 15.3. The van der Waals surface area contributed by atoms with Gasteiger partial charge >= 0.3 is 0 Å². The molecule has 118 valence electrons. The third kappa shape index (κ3) is 4.19. The van der Waals surface area contributed by atoms with Crippen molar-refractivity contribution in [1.29, 1.82) is 0 Å². The van der Waals surface area contributed by atoms with E-state index in [0.29, 0.717) is 12.6 Å². The number of nitrogens with two attached hydrogens (primary N) is 1. The number of ether oxygens (including phenoxy) is 2. The molecule has 4 heteroatoms. The molecule has 0 aliphatic heterocycles. The fourth-order valence-electron chi connectivity index (χ4n) is 2.94. The molecule has 1 saturated carbocycles. The lowest BCUT2D eigenvalue weighted by Gasteiger charge is -2.41. The normalized spacial score (nSPS) is 17.8. The lowest BCUT2D eigenvalue weighted by Crippen LogP contribution is -2.55. The van der Waals surface area contributed by atoms with Crippen molar-refractivity contribution >= 4 is 0 Å². The highest BCUT2D eigenvalue weighted by atomic mass is 16.5. The molecule has 2 rings (SSSR count). The van der Waals surface area contributed by atoms with Crippen molar-refractivity contribution in [2.45, 2.75) is 37.8 Å². The molecule has 1 aromatic carbocycles. The Balaban J connectivity index is 2.09. The lowest BCUT2D eigenvalue weighted by atomic mass is 9.90. The molecule has 0 bridgehead atoms. The van der Waals surface area contributed by atoms with Gasteiger partial charge in [0.15, 0.2) is 0 Å². The van der Waals surface area contributed by atoms with E-state index in [2.05, 4.69) is 24.0 Å². The molecular formula is C17H28N2O2. The van der Waals surface area contributed by atoms with E-state index >= 15 is 0 Å². The largest absolute Gasteiger partial charge is 0.497 e. The summed E-state index contributed by atoms with van der Waals surface area (Å²) in [5, 5.41) is 0. The SMILES string of the molecule is COCCN(C1CC1)C(C)(CN)Cc1ccc(OC)cc1. The average molecular weight is 292 g/mol. The second-order valence-electron chi connectivity index (χ2n) is 6.14. The molecular weight excluding hydrogens is 264 g/mol. The van der Waals surface area contributed by atoms with E-state index in [1.165, 1.54) is 18.4 Å². The fourth-order valence-corrected chi connectivity index (χ4v) is 2.94. The zero-order valence-corrected chi connectivity index (χ0v) is 13.5. The van der Waals surface area contributed by atoms with Crippen LogP contribution in [0.4, 0.5) is 0 Å². The Morgan fingerprint density at radius 2 is 1.90 bits per heavy atom. The van der Waals surface area contributed by atoms with Gasteiger partial charge in [-0.3, -0.25) is 4.90 Å². The predicted molar refractivity (Wildman–Crippen MR) is 85.8 cm³/mol. The first-order valence-corrected chi connectivity index (χ1v) is 7.71. The second-order valence-corrected chi connectivity index (χ2v) is 6.14. The summed E-state index contributed by atoms with van der Waals surface area (Å²) in [6, 6.07) is 8.97. The average Bonchev–Trinajstić information content (AvgIpc) is 3.33. The molecule has 21 heavy (non-hydrogen) atoms. The molecule has 4 nitrogen and oxygen atoms in total. The molecule has 0 aromatic heterocycles. The summed E-state index contributed by atoms with van der Waals surface area (Å²) in [6.45, 7) is 4.63. The highest BCUT2D eigenvalue weighted by molar-refractivity contribution is 5.28. The molecule has 0 amide bonds. The lowest BCUT2D eigenvalue weighted by molar-refractivity contribution is 0.0635. The number of hydrogen-bond donors (Lipinski definition) is 1. The maximum absolute atomic E-state index is 6.14. The minimum absolute atomic E-state index is 0.0196. The van der Waals surface area contributed by atoms with Gasteiger partial charge in [-0.05, 0) is 43.9 Å². The maximum atomic E-state index is 6.14. The molecule has 1 unspecified atom stereocenters. The van der Waals surface area contributed by atoms with Crippen LogP contribution in [0.3, 0.4) is 0 Å². The van der Waals surface area contributed by atoms with Gasteiger partial charge < -0.3 is 15.2 Å². The third-order valence-electron chi connectivity index (χ3n) is 4.40. The Kier molecular flexibility index (Phi) is 5.62. The highest BCUT2D eigenvalue weighted by Crippen LogP contribution is 2.34. The predicted octanol–water partition coefficient (Wildman–Crippen LogP) is 2.07. The summed E-state index contributed by atoms with van der Waals surface area (Å²) < 4.78 is 10.5. The van der Waals surface area contributed by atoms with Crippen molar-refractivity contribution < 1.29 is 9.47 Å². The summed E-state index contributed by atoms with van der Waals surface area (Å²) in [7, 11) is 3.45. The van der Waals surface area contributed by atoms with Crippen molar-refractivity contribution in [3.63, 3.8) is 0 Å². The summed E-state index contributed by atoms with van der Waals surface area (Å²) in [5.74, 6) is 0.895. The van der Waals surface area contributed by atoms with E-state index in [-0.39, 0.29) is 5.54 Å². The number of rotatable bonds is 9. The van der Waals surface area contributed by atoms with Gasteiger partial charge in [0.25, 0.3) is 0 Å². The molecule has 1 aliphatic rings. The monoisotopic (exact) mass is 292 g/mol. The van der Waals surface area contributed by atoms with Gasteiger partial charge in [-0.25, -0.2) is 0 Å². The summed E-state index contributed by atoms with van der Waals surface area (Å²) in [6.07, 6.45) is 3.51. The van der Waals surface area contributed by atoms with E-state index in [4.69, 9.17) is 15.2 Å². The van der Waals surface area contributed by atoms with Crippen molar-refractivity contribution in [3.8, 4) is 5.75 Å². The van der Waals surface area contributed by atoms with Crippen LogP contribution in [0, 0.1) is 0 Å². The summed E-state index contributed by atoms with van der Waals surface area (Å²) in [4.78, 5) is 2.54. The number of nitrogens with zero attached hydrogens (tertiary/aromatic N) is 1. The first-order chi connectivity index (χ1) is 10.1. The van der Waals surface area contributed by atoms with E-state index in [1.807, 2.05) is 12.1 Å². The van der Waals surface area contributed by atoms with Crippen LogP contribution in [0.1, 0.15) is 25.3 Å². The van der Waals surface area contributed by atoms with Crippen molar-refractivity contribution in [1.82, 2.24) is 4.90 Å². The van der Waals surface area contributed by atoms with Crippen LogP contribution in [0.15, 0.2) is 24.3 Å². The number of benzene rings is 1. The summed E-state index contributed by atoms with van der Waals surface area (Å²) >= 11 is 0. The van der Waals surface area contributed by atoms with Crippen molar-refractivity contribution in [3.05, 3.63) is 29.8 Å². The van der Waals surface area contributed by atoms with Crippen molar-refractivity contribution in [2.75, 3.05) is 33.9 Å². The summed E-state index contributed by atoms with van der Waals surface area (Å²) in [5.41, 5.74) is 7.42. The molecule has 0 radical (unpaired) electrons. The smallest absolute Gasteiger partial charge is 0.118 e. The van der Waals surface area contributed by atoms with Gasteiger partial charge in [0, 0.05) is 31.8 Å². The minimum Gasteiger partial charge on any atom is -0.497 e. The van der Waals surface area contributed by atoms with Gasteiger partial charge in [-0.15, -0.1) is 0 Å². The van der Waals surface area contributed by atoms with E-state index in [1.54, 1.807) is 14.2 Å². The van der Waals surface area contributed by atoms with E-state index in [9.17, 15) is 0 Å². The first kappa shape index (κ1) is 16.3. The van der Waals surface area contributed by atoms with Gasteiger partial charge in [0.05, 0.1) is 13.7 Å². The Morgan fingerprint density at radius 1 is 1.24 bits per heavy atom. The van der Waals surface area contributed by atoms with Crippen LogP contribution in [0.2, 0.25) is 0 Å².